The molecular weight excluding hydrogens is 232 g/mol. The maximum absolute atomic E-state index is 11.4. The highest BCUT2D eigenvalue weighted by Gasteiger charge is 1.97. The van der Waals surface area contributed by atoms with Gasteiger partial charge in [-0.2, -0.15) is 0 Å². The Balaban J connectivity index is 1.77. The average Bonchev–Trinajstić information content (AvgIpc) is 2.73. The minimum absolute atomic E-state index is 0.0567. The third-order valence-corrected chi connectivity index (χ3v) is 3.52. The van der Waals surface area contributed by atoms with Gasteiger partial charge >= 0.3 is 0 Å². The summed E-state index contributed by atoms with van der Waals surface area (Å²) in [5.74, 6) is 0. The van der Waals surface area contributed by atoms with E-state index >= 15 is 0 Å². The predicted octanol–water partition coefficient (Wildman–Crippen LogP) is 2.01. The molecule has 0 radical (unpaired) electrons. The quantitative estimate of drug-likeness (QED) is 0.821. The molecule has 0 amide bonds. The lowest BCUT2D eigenvalue weighted by molar-refractivity contribution is 0.588. The first-order valence-corrected chi connectivity index (χ1v) is 6.49. The fourth-order valence-electron chi connectivity index (χ4n) is 1.64. The number of nitrogens with one attached hydrogen (secondary N) is 1. The Hall–Kier alpha value is -1.39. The first-order chi connectivity index (χ1) is 8.25. The van der Waals surface area contributed by atoms with E-state index in [1.807, 2.05) is 12.3 Å². The van der Waals surface area contributed by atoms with Crippen LogP contribution in [0.15, 0.2) is 41.3 Å². The third-order valence-electron chi connectivity index (χ3n) is 2.52. The number of pyridine rings is 1. The number of nitrogens with zero attached hydrogens (tertiary/aromatic N) is 1. The van der Waals surface area contributed by atoms with Gasteiger partial charge in [0, 0.05) is 41.7 Å². The molecule has 2 heterocycles. The molecule has 0 unspecified atom stereocenters. The van der Waals surface area contributed by atoms with Crippen LogP contribution >= 0.6 is 11.3 Å². The molecule has 0 spiro atoms. The largest absolute Gasteiger partial charge is 0.314 e. The van der Waals surface area contributed by atoms with E-state index in [-0.39, 0.29) is 5.56 Å². The van der Waals surface area contributed by atoms with Gasteiger partial charge in [-0.25, -0.2) is 0 Å². The summed E-state index contributed by atoms with van der Waals surface area (Å²) in [5.41, 5.74) is 0.0567. The number of hydrogen-bond acceptors (Lipinski definition) is 3. The Morgan fingerprint density at radius 1 is 1.29 bits per heavy atom. The first-order valence-electron chi connectivity index (χ1n) is 5.67. The highest BCUT2D eigenvalue weighted by atomic mass is 32.1. The van der Waals surface area contributed by atoms with Crippen LogP contribution < -0.4 is 10.9 Å². The van der Waals surface area contributed by atoms with Gasteiger partial charge in [-0.05, 0) is 25.1 Å². The van der Waals surface area contributed by atoms with Crippen LogP contribution in [-0.4, -0.2) is 11.1 Å². The van der Waals surface area contributed by atoms with Crippen molar-refractivity contribution in [2.75, 3.05) is 6.54 Å². The van der Waals surface area contributed by atoms with Crippen molar-refractivity contribution < 1.29 is 0 Å². The van der Waals surface area contributed by atoms with Crippen molar-refractivity contribution in [1.29, 1.82) is 0 Å². The van der Waals surface area contributed by atoms with Crippen molar-refractivity contribution in [3.63, 3.8) is 0 Å². The van der Waals surface area contributed by atoms with Gasteiger partial charge in [-0.1, -0.05) is 6.07 Å². The molecule has 1 N–H and O–H groups in total. The molecule has 2 rings (SSSR count). The summed E-state index contributed by atoms with van der Waals surface area (Å²) in [7, 11) is 0. The highest BCUT2D eigenvalue weighted by Crippen LogP contribution is 2.14. The van der Waals surface area contributed by atoms with Crippen LogP contribution in [0.4, 0.5) is 0 Å². The van der Waals surface area contributed by atoms with E-state index in [0.717, 1.165) is 13.1 Å². The Morgan fingerprint density at radius 3 is 2.88 bits per heavy atom. The van der Waals surface area contributed by atoms with E-state index in [9.17, 15) is 4.79 Å². The fraction of sp³-hybridized carbons (Fsp3) is 0.308. The fourth-order valence-corrected chi connectivity index (χ4v) is 2.50. The normalized spacial score (nSPS) is 10.6. The van der Waals surface area contributed by atoms with E-state index in [4.69, 9.17) is 0 Å². The van der Waals surface area contributed by atoms with Gasteiger partial charge in [0.1, 0.15) is 0 Å². The van der Waals surface area contributed by atoms with Crippen LogP contribution in [0.25, 0.3) is 0 Å². The maximum atomic E-state index is 11.4. The Kier molecular flexibility index (Phi) is 4.12. The molecule has 90 valence electrons. The molecule has 3 nitrogen and oxygen atoms in total. The molecule has 0 aliphatic rings. The molecule has 0 aromatic carbocycles. The molecule has 0 saturated heterocycles. The third kappa shape index (κ3) is 3.54. The molecule has 0 atom stereocenters. The van der Waals surface area contributed by atoms with E-state index in [1.165, 1.54) is 9.75 Å². The van der Waals surface area contributed by atoms with Crippen molar-refractivity contribution in [2.24, 2.45) is 0 Å². The minimum atomic E-state index is 0.0567. The maximum Gasteiger partial charge on any atom is 0.250 e. The number of aromatic nitrogens is 1. The summed E-state index contributed by atoms with van der Waals surface area (Å²) in [4.78, 5) is 14.1. The summed E-state index contributed by atoms with van der Waals surface area (Å²) < 4.78 is 1.71. The first kappa shape index (κ1) is 12.1. The zero-order valence-corrected chi connectivity index (χ0v) is 10.7. The van der Waals surface area contributed by atoms with E-state index < -0.39 is 0 Å². The van der Waals surface area contributed by atoms with E-state index in [1.54, 1.807) is 28.0 Å². The number of thiophene rings is 1. The number of hydrogen-bond donors (Lipinski definition) is 1. The van der Waals surface area contributed by atoms with Gasteiger partial charge in [0.25, 0.3) is 5.56 Å². The zero-order chi connectivity index (χ0) is 12.1. The molecule has 2 aromatic heterocycles. The lowest BCUT2D eigenvalue weighted by Crippen LogP contribution is -2.25. The van der Waals surface area contributed by atoms with Crippen molar-refractivity contribution in [1.82, 2.24) is 9.88 Å². The minimum Gasteiger partial charge on any atom is -0.314 e. The molecule has 17 heavy (non-hydrogen) atoms. The van der Waals surface area contributed by atoms with Crippen LogP contribution in [-0.2, 0) is 13.1 Å². The zero-order valence-electron chi connectivity index (χ0n) is 9.85. The second-order valence-corrected chi connectivity index (χ2v) is 5.29. The van der Waals surface area contributed by atoms with Crippen molar-refractivity contribution in [3.8, 4) is 0 Å². The smallest absolute Gasteiger partial charge is 0.250 e. The summed E-state index contributed by atoms with van der Waals surface area (Å²) in [6.45, 7) is 4.50. The summed E-state index contributed by atoms with van der Waals surface area (Å²) in [6.07, 6.45) is 1.82. The Bertz CT molecular complexity index is 530. The highest BCUT2D eigenvalue weighted by molar-refractivity contribution is 7.11. The van der Waals surface area contributed by atoms with Crippen LogP contribution in [0.3, 0.4) is 0 Å². The lowest BCUT2D eigenvalue weighted by atomic mass is 10.4. The molecule has 0 bridgehead atoms. The van der Waals surface area contributed by atoms with Gasteiger partial charge in [0.15, 0.2) is 0 Å². The van der Waals surface area contributed by atoms with Crippen LogP contribution in [0.1, 0.15) is 9.75 Å². The van der Waals surface area contributed by atoms with Gasteiger partial charge in [0.2, 0.25) is 0 Å². The van der Waals surface area contributed by atoms with Crippen LogP contribution in [0.2, 0.25) is 0 Å². The number of aryl methyl sites for hydroxylation is 1. The molecule has 0 aliphatic heterocycles. The SMILES string of the molecule is Cc1ccc(CNCCn2ccccc2=O)s1. The Morgan fingerprint density at radius 2 is 2.18 bits per heavy atom. The summed E-state index contributed by atoms with van der Waals surface area (Å²) in [6, 6.07) is 9.50. The monoisotopic (exact) mass is 248 g/mol. The Labute approximate surface area is 105 Å². The second kappa shape index (κ2) is 5.80. The molecular formula is C13H16N2OS. The van der Waals surface area contributed by atoms with Crippen LogP contribution in [0, 0.1) is 6.92 Å². The predicted molar refractivity (Wildman–Crippen MR) is 71.5 cm³/mol. The molecule has 2 aromatic rings. The standard InChI is InChI=1S/C13H16N2OS/c1-11-5-6-12(17-11)10-14-7-9-15-8-3-2-4-13(15)16/h2-6,8,14H,7,9-10H2,1H3. The molecule has 0 fully saturated rings. The lowest BCUT2D eigenvalue weighted by Gasteiger charge is -2.05. The molecule has 0 aliphatic carbocycles. The van der Waals surface area contributed by atoms with Crippen molar-refractivity contribution in [3.05, 3.63) is 56.6 Å². The second-order valence-electron chi connectivity index (χ2n) is 3.92. The van der Waals surface area contributed by atoms with Crippen molar-refractivity contribution in [2.45, 2.75) is 20.0 Å². The number of rotatable bonds is 5. The van der Waals surface area contributed by atoms with Gasteiger partial charge in [-0.15, -0.1) is 11.3 Å². The van der Waals surface area contributed by atoms with Gasteiger partial charge < -0.3 is 9.88 Å². The molecule has 0 saturated carbocycles. The van der Waals surface area contributed by atoms with E-state index in [2.05, 4.69) is 24.4 Å². The van der Waals surface area contributed by atoms with Crippen LogP contribution in [0.5, 0.6) is 0 Å². The van der Waals surface area contributed by atoms with E-state index in [0.29, 0.717) is 6.54 Å². The van der Waals surface area contributed by atoms with Gasteiger partial charge in [-0.3, -0.25) is 4.79 Å². The van der Waals surface area contributed by atoms with Crippen molar-refractivity contribution >= 4 is 11.3 Å². The topological polar surface area (TPSA) is 34.0 Å². The van der Waals surface area contributed by atoms with Gasteiger partial charge in [0.05, 0.1) is 0 Å². The average molecular weight is 248 g/mol. The summed E-state index contributed by atoms with van der Waals surface area (Å²) in [5, 5.41) is 3.34. The summed E-state index contributed by atoms with van der Waals surface area (Å²) >= 11 is 1.81. The molecule has 4 heteroatoms.